The van der Waals surface area contributed by atoms with Crippen LogP contribution in [0.25, 0.3) is 0 Å². The van der Waals surface area contributed by atoms with Gasteiger partial charge in [-0.05, 0) is 67.6 Å². The topological polar surface area (TPSA) is 29.3 Å². The SMILES string of the molecule is CCC(N)Cc1ccc(N(C)CC2CC3CCC2C3)cc1. The summed E-state index contributed by atoms with van der Waals surface area (Å²) in [5.74, 6) is 2.99. The van der Waals surface area contributed by atoms with Crippen LogP contribution in [0, 0.1) is 17.8 Å². The highest BCUT2D eigenvalue weighted by molar-refractivity contribution is 5.47. The van der Waals surface area contributed by atoms with E-state index < -0.39 is 0 Å². The number of hydrogen-bond acceptors (Lipinski definition) is 2. The summed E-state index contributed by atoms with van der Waals surface area (Å²) in [5.41, 5.74) is 8.75. The summed E-state index contributed by atoms with van der Waals surface area (Å²) in [6.07, 6.45) is 8.00. The van der Waals surface area contributed by atoms with E-state index in [2.05, 4.69) is 43.1 Å². The van der Waals surface area contributed by atoms with Gasteiger partial charge in [-0.15, -0.1) is 0 Å². The van der Waals surface area contributed by atoms with E-state index in [1.54, 1.807) is 0 Å². The van der Waals surface area contributed by atoms with Crippen molar-refractivity contribution in [1.82, 2.24) is 0 Å². The second kappa shape index (κ2) is 6.39. The molecule has 2 bridgehead atoms. The fourth-order valence-corrected chi connectivity index (χ4v) is 4.39. The number of nitrogens with zero attached hydrogens (tertiary/aromatic N) is 1. The molecule has 2 nitrogen and oxygen atoms in total. The molecule has 0 spiro atoms. The predicted molar refractivity (Wildman–Crippen MR) is 90.6 cm³/mol. The Labute approximate surface area is 129 Å². The summed E-state index contributed by atoms with van der Waals surface area (Å²) in [4.78, 5) is 2.45. The second-order valence-corrected chi connectivity index (χ2v) is 7.35. The molecular formula is C19H30N2. The van der Waals surface area contributed by atoms with Crippen LogP contribution < -0.4 is 10.6 Å². The van der Waals surface area contributed by atoms with Gasteiger partial charge >= 0.3 is 0 Å². The largest absolute Gasteiger partial charge is 0.374 e. The fourth-order valence-electron chi connectivity index (χ4n) is 4.39. The van der Waals surface area contributed by atoms with Crippen LogP contribution in [0.3, 0.4) is 0 Å². The molecule has 1 aromatic carbocycles. The number of rotatable bonds is 6. The van der Waals surface area contributed by atoms with Crippen molar-refractivity contribution in [2.45, 2.75) is 51.5 Å². The Hall–Kier alpha value is -1.02. The molecule has 2 saturated carbocycles. The first-order valence-corrected chi connectivity index (χ1v) is 8.71. The fraction of sp³-hybridized carbons (Fsp3) is 0.684. The van der Waals surface area contributed by atoms with Crippen LogP contribution in [0.1, 0.15) is 44.6 Å². The molecule has 116 valence electrons. The van der Waals surface area contributed by atoms with Crippen molar-refractivity contribution in [2.24, 2.45) is 23.5 Å². The van der Waals surface area contributed by atoms with Crippen LogP contribution >= 0.6 is 0 Å². The molecule has 21 heavy (non-hydrogen) atoms. The minimum Gasteiger partial charge on any atom is -0.374 e. The highest BCUT2D eigenvalue weighted by atomic mass is 15.1. The molecule has 0 saturated heterocycles. The van der Waals surface area contributed by atoms with E-state index in [4.69, 9.17) is 5.73 Å². The van der Waals surface area contributed by atoms with E-state index in [0.717, 1.165) is 30.6 Å². The smallest absolute Gasteiger partial charge is 0.0363 e. The average Bonchev–Trinajstić information content (AvgIpc) is 3.10. The first-order valence-electron chi connectivity index (χ1n) is 8.71. The molecule has 4 unspecified atom stereocenters. The highest BCUT2D eigenvalue weighted by Gasteiger charge is 2.39. The lowest BCUT2D eigenvalue weighted by molar-refractivity contribution is 0.337. The van der Waals surface area contributed by atoms with Crippen molar-refractivity contribution in [1.29, 1.82) is 0 Å². The maximum Gasteiger partial charge on any atom is 0.0363 e. The van der Waals surface area contributed by atoms with E-state index in [1.165, 1.54) is 43.5 Å². The van der Waals surface area contributed by atoms with Gasteiger partial charge in [-0.3, -0.25) is 0 Å². The Bertz CT molecular complexity index is 453. The molecular weight excluding hydrogens is 256 g/mol. The summed E-state index contributed by atoms with van der Waals surface area (Å²) >= 11 is 0. The highest BCUT2D eigenvalue weighted by Crippen LogP contribution is 2.48. The summed E-state index contributed by atoms with van der Waals surface area (Å²) in [6.45, 7) is 3.39. The maximum atomic E-state index is 6.04. The van der Waals surface area contributed by atoms with Gasteiger partial charge in [0.25, 0.3) is 0 Å². The van der Waals surface area contributed by atoms with Crippen LogP contribution in [-0.4, -0.2) is 19.6 Å². The first kappa shape index (κ1) is 14.9. The molecule has 2 aliphatic rings. The average molecular weight is 286 g/mol. The molecule has 2 fully saturated rings. The zero-order valence-electron chi connectivity index (χ0n) is 13.6. The number of anilines is 1. The summed E-state index contributed by atoms with van der Waals surface area (Å²) < 4.78 is 0. The summed E-state index contributed by atoms with van der Waals surface area (Å²) in [7, 11) is 2.25. The molecule has 1 aromatic rings. The molecule has 2 N–H and O–H groups in total. The van der Waals surface area contributed by atoms with Crippen molar-refractivity contribution in [3.63, 3.8) is 0 Å². The Kier molecular flexibility index (Phi) is 4.54. The molecule has 0 aromatic heterocycles. The number of fused-ring (bicyclic) bond motifs is 2. The molecule has 4 atom stereocenters. The minimum atomic E-state index is 0.294. The van der Waals surface area contributed by atoms with E-state index >= 15 is 0 Å². The second-order valence-electron chi connectivity index (χ2n) is 7.35. The van der Waals surface area contributed by atoms with Gasteiger partial charge in [0.2, 0.25) is 0 Å². The van der Waals surface area contributed by atoms with Crippen molar-refractivity contribution in [2.75, 3.05) is 18.5 Å². The van der Waals surface area contributed by atoms with Gasteiger partial charge < -0.3 is 10.6 Å². The first-order chi connectivity index (χ1) is 10.2. The lowest BCUT2D eigenvalue weighted by Gasteiger charge is -2.28. The number of nitrogens with two attached hydrogens (primary N) is 1. The van der Waals surface area contributed by atoms with Crippen molar-refractivity contribution >= 4 is 5.69 Å². The molecule has 2 aliphatic carbocycles. The molecule has 3 rings (SSSR count). The van der Waals surface area contributed by atoms with Gasteiger partial charge in [0.1, 0.15) is 0 Å². The van der Waals surface area contributed by atoms with Crippen molar-refractivity contribution in [3.8, 4) is 0 Å². The normalized spacial score (nSPS) is 28.8. The van der Waals surface area contributed by atoms with Crippen molar-refractivity contribution in [3.05, 3.63) is 29.8 Å². The van der Waals surface area contributed by atoms with Gasteiger partial charge in [-0.2, -0.15) is 0 Å². The van der Waals surface area contributed by atoms with E-state index in [9.17, 15) is 0 Å². The molecule has 2 heteroatoms. The minimum absolute atomic E-state index is 0.294. The van der Waals surface area contributed by atoms with Crippen LogP contribution in [0.2, 0.25) is 0 Å². The Morgan fingerprint density at radius 1 is 1.19 bits per heavy atom. The lowest BCUT2D eigenvalue weighted by Crippen LogP contribution is -2.28. The van der Waals surface area contributed by atoms with Gasteiger partial charge in [0.05, 0.1) is 0 Å². The lowest BCUT2D eigenvalue weighted by atomic mass is 9.88. The maximum absolute atomic E-state index is 6.04. The predicted octanol–water partition coefficient (Wildman–Crippen LogP) is 3.84. The zero-order valence-corrected chi connectivity index (χ0v) is 13.6. The van der Waals surface area contributed by atoms with Gasteiger partial charge in [-0.25, -0.2) is 0 Å². The zero-order chi connectivity index (χ0) is 14.8. The van der Waals surface area contributed by atoms with E-state index in [0.29, 0.717) is 6.04 Å². The standard InChI is InChI=1S/C19H30N2/c1-3-18(20)12-14-5-8-19(9-6-14)21(2)13-17-11-15-4-7-16(17)10-15/h5-6,8-9,15-18H,3-4,7,10-13,20H2,1-2H3. The molecule has 0 radical (unpaired) electrons. The van der Waals surface area contributed by atoms with Crippen LogP contribution in [0.5, 0.6) is 0 Å². The van der Waals surface area contributed by atoms with Gasteiger partial charge in [-0.1, -0.05) is 25.5 Å². The van der Waals surface area contributed by atoms with Crippen LogP contribution in [0.4, 0.5) is 5.69 Å². The van der Waals surface area contributed by atoms with E-state index in [-0.39, 0.29) is 0 Å². The third-order valence-corrected chi connectivity index (χ3v) is 5.79. The van der Waals surface area contributed by atoms with E-state index in [1.807, 2.05) is 0 Å². The summed E-state index contributed by atoms with van der Waals surface area (Å²) in [5, 5.41) is 0. The van der Waals surface area contributed by atoms with Crippen LogP contribution in [-0.2, 0) is 6.42 Å². The Morgan fingerprint density at radius 3 is 2.52 bits per heavy atom. The number of benzene rings is 1. The Morgan fingerprint density at radius 2 is 1.95 bits per heavy atom. The third-order valence-electron chi connectivity index (χ3n) is 5.79. The van der Waals surface area contributed by atoms with Gasteiger partial charge in [0, 0.05) is 25.3 Å². The monoisotopic (exact) mass is 286 g/mol. The molecule has 0 aliphatic heterocycles. The van der Waals surface area contributed by atoms with Gasteiger partial charge in [0.15, 0.2) is 0 Å². The number of hydrogen-bond donors (Lipinski definition) is 1. The van der Waals surface area contributed by atoms with Crippen molar-refractivity contribution < 1.29 is 0 Å². The quantitative estimate of drug-likeness (QED) is 0.861. The molecule has 0 amide bonds. The van der Waals surface area contributed by atoms with Crippen LogP contribution in [0.15, 0.2) is 24.3 Å². The molecule has 0 heterocycles. The Balaban J connectivity index is 1.56. The third kappa shape index (κ3) is 3.42. The summed E-state index contributed by atoms with van der Waals surface area (Å²) in [6, 6.07) is 9.34.